The molecule has 5 heteroatoms. The molecule has 1 saturated heterocycles. The number of benzene rings is 2. The number of carbonyl (C=O) groups excluding carboxylic acids is 2. The van der Waals surface area contributed by atoms with Gasteiger partial charge in [0.15, 0.2) is 0 Å². The summed E-state index contributed by atoms with van der Waals surface area (Å²) in [5.74, 6) is -0.585. The van der Waals surface area contributed by atoms with E-state index in [9.17, 15) is 9.59 Å². The zero-order valence-electron chi connectivity index (χ0n) is 14.9. The van der Waals surface area contributed by atoms with Crippen LogP contribution in [0.4, 0.5) is 0 Å². The first-order valence-electron chi connectivity index (χ1n) is 9.02. The Morgan fingerprint density at radius 1 is 1.04 bits per heavy atom. The summed E-state index contributed by atoms with van der Waals surface area (Å²) in [6.07, 6.45) is 1.66. The van der Waals surface area contributed by atoms with Crippen molar-refractivity contribution in [3.8, 4) is 0 Å². The first kappa shape index (κ1) is 18.1. The lowest BCUT2D eigenvalue weighted by atomic mass is 9.86. The molecule has 136 valence electrons. The molecule has 0 aromatic heterocycles. The maximum Gasteiger partial charge on any atom is 0.238 e. The van der Waals surface area contributed by atoms with Crippen LogP contribution in [-0.4, -0.2) is 23.9 Å². The Kier molecular flexibility index (Phi) is 5.68. The van der Waals surface area contributed by atoms with Crippen LogP contribution in [0.25, 0.3) is 0 Å². The Morgan fingerprint density at radius 2 is 1.62 bits per heavy atom. The van der Waals surface area contributed by atoms with Crippen molar-refractivity contribution in [1.29, 1.82) is 0 Å². The molecule has 0 aliphatic carbocycles. The van der Waals surface area contributed by atoms with Gasteiger partial charge < -0.3 is 11.1 Å². The van der Waals surface area contributed by atoms with Crippen molar-refractivity contribution in [2.45, 2.75) is 43.8 Å². The number of rotatable bonds is 5. The van der Waals surface area contributed by atoms with Crippen LogP contribution in [-0.2, 0) is 9.59 Å². The zero-order chi connectivity index (χ0) is 18.5. The fourth-order valence-electron chi connectivity index (χ4n) is 3.57. The van der Waals surface area contributed by atoms with Gasteiger partial charge in [-0.15, -0.1) is 0 Å². The van der Waals surface area contributed by atoms with Crippen LogP contribution in [0, 0.1) is 0 Å². The SMILES string of the molecule is C[C@H](N[C@@H]1C(=O)N[C@H](c2ccccc2)CC[C@H]1c1ccccc1)C(N)=O. The van der Waals surface area contributed by atoms with Crippen LogP contribution in [0.2, 0.25) is 0 Å². The van der Waals surface area contributed by atoms with Crippen LogP contribution in [0.5, 0.6) is 0 Å². The van der Waals surface area contributed by atoms with Crippen molar-refractivity contribution in [1.82, 2.24) is 10.6 Å². The summed E-state index contributed by atoms with van der Waals surface area (Å²) >= 11 is 0. The molecular weight excluding hydrogens is 326 g/mol. The van der Waals surface area contributed by atoms with E-state index in [1.54, 1.807) is 6.92 Å². The maximum atomic E-state index is 13.0. The number of nitrogens with one attached hydrogen (secondary N) is 2. The highest BCUT2D eigenvalue weighted by atomic mass is 16.2. The quantitative estimate of drug-likeness (QED) is 0.772. The van der Waals surface area contributed by atoms with Gasteiger partial charge in [0.2, 0.25) is 11.8 Å². The smallest absolute Gasteiger partial charge is 0.238 e. The van der Waals surface area contributed by atoms with E-state index in [0.29, 0.717) is 0 Å². The average Bonchev–Trinajstić information content (AvgIpc) is 2.82. The van der Waals surface area contributed by atoms with Gasteiger partial charge in [0.1, 0.15) is 0 Å². The Bertz CT molecular complexity index is 748. The van der Waals surface area contributed by atoms with Crippen LogP contribution in [0.15, 0.2) is 60.7 Å². The lowest BCUT2D eigenvalue weighted by Gasteiger charge is -2.27. The highest BCUT2D eigenvalue weighted by molar-refractivity contribution is 5.85. The minimum absolute atomic E-state index is 0.0216. The largest absolute Gasteiger partial charge is 0.368 e. The van der Waals surface area contributed by atoms with Gasteiger partial charge in [-0.1, -0.05) is 60.7 Å². The fourth-order valence-corrected chi connectivity index (χ4v) is 3.57. The predicted octanol–water partition coefficient (Wildman–Crippen LogP) is 2.25. The lowest BCUT2D eigenvalue weighted by Crippen LogP contribution is -2.53. The standard InChI is InChI=1S/C21H25N3O2/c1-14(20(22)25)23-19-17(15-8-4-2-5-9-15)12-13-18(24-21(19)26)16-10-6-3-7-11-16/h2-11,14,17-19,23H,12-13H2,1H3,(H2,22,25)(H,24,26)/t14-,17-,18-,19-/m0/s1. The van der Waals surface area contributed by atoms with E-state index in [1.165, 1.54) is 0 Å². The third kappa shape index (κ3) is 4.11. The molecule has 0 saturated carbocycles. The predicted molar refractivity (Wildman–Crippen MR) is 101 cm³/mol. The summed E-state index contributed by atoms with van der Waals surface area (Å²) in [4.78, 5) is 24.5. The second-order valence-corrected chi connectivity index (χ2v) is 6.83. The molecule has 0 radical (unpaired) electrons. The lowest BCUT2D eigenvalue weighted by molar-refractivity contribution is -0.125. The van der Waals surface area contributed by atoms with Crippen molar-refractivity contribution in [3.63, 3.8) is 0 Å². The van der Waals surface area contributed by atoms with Crippen molar-refractivity contribution < 1.29 is 9.59 Å². The van der Waals surface area contributed by atoms with Crippen molar-refractivity contribution in [2.24, 2.45) is 5.73 Å². The first-order valence-corrected chi connectivity index (χ1v) is 9.02. The molecule has 1 aliphatic heterocycles. The van der Waals surface area contributed by atoms with E-state index in [0.717, 1.165) is 24.0 Å². The van der Waals surface area contributed by atoms with E-state index in [-0.39, 0.29) is 17.9 Å². The molecule has 1 aliphatic rings. The Hall–Kier alpha value is -2.66. The van der Waals surface area contributed by atoms with Gasteiger partial charge in [0.25, 0.3) is 0 Å². The van der Waals surface area contributed by atoms with Gasteiger partial charge in [-0.3, -0.25) is 14.9 Å². The molecule has 4 N–H and O–H groups in total. The average molecular weight is 351 g/mol. The van der Waals surface area contributed by atoms with Crippen LogP contribution in [0.1, 0.15) is 42.9 Å². The molecule has 0 unspecified atom stereocenters. The van der Waals surface area contributed by atoms with E-state index in [2.05, 4.69) is 10.6 Å². The second-order valence-electron chi connectivity index (χ2n) is 6.83. The monoisotopic (exact) mass is 351 g/mol. The van der Waals surface area contributed by atoms with Gasteiger partial charge >= 0.3 is 0 Å². The minimum Gasteiger partial charge on any atom is -0.368 e. The number of primary amides is 1. The van der Waals surface area contributed by atoms with Gasteiger partial charge in [0.05, 0.1) is 18.1 Å². The summed E-state index contributed by atoms with van der Waals surface area (Å²) in [7, 11) is 0. The number of nitrogens with two attached hydrogens (primary N) is 1. The highest BCUT2D eigenvalue weighted by Crippen LogP contribution is 2.33. The van der Waals surface area contributed by atoms with Crippen molar-refractivity contribution in [2.75, 3.05) is 0 Å². The van der Waals surface area contributed by atoms with Gasteiger partial charge in [0, 0.05) is 5.92 Å². The summed E-state index contributed by atoms with van der Waals surface area (Å²) in [5.41, 5.74) is 7.59. The van der Waals surface area contributed by atoms with Crippen molar-refractivity contribution >= 4 is 11.8 Å². The minimum atomic E-state index is -0.578. The molecular formula is C21H25N3O2. The fraction of sp³-hybridized carbons (Fsp3) is 0.333. The Balaban J connectivity index is 1.90. The molecule has 1 heterocycles. The Morgan fingerprint density at radius 3 is 2.19 bits per heavy atom. The maximum absolute atomic E-state index is 13.0. The summed E-state index contributed by atoms with van der Waals surface area (Å²) in [5, 5.41) is 6.28. The third-order valence-electron chi connectivity index (χ3n) is 5.05. The van der Waals surface area contributed by atoms with Crippen LogP contribution in [0.3, 0.4) is 0 Å². The summed E-state index contributed by atoms with van der Waals surface area (Å²) in [6, 6.07) is 18.8. The number of amides is 2. The summed E-state index contributed by atoms with van der Waals surface area (Å²) < 4.78 is 0. The van der Waals surface area contributed by atoms with E-state index in [1.807, 2.05) is 60.7 Å². The highest BCUT2D eigenvalue weighted by Gasteiger charge is 2.36. The van der Waals surface area contributed by atoms with E-state index in [4.69, 9.17) is 5.73 Å². The first-order chi connectivity index (χ1) is 12.6. The summed E-state index contributed by atoms with van der Waals surface area (Å²) in [6.45, 7) is 1.69. The molecule has 5 nitrogen and oxygen atoms in total. The normalized spacial score (nSPS) is 24.3. The number of carbonyl (C=O) groups is 2. The molecule has 2 aromatic carbocycles. The van der Waals surface area contributed by atoms with E-state index >= 15 is 0 Å². The van der Waals surface area contributed by atoms with Gasteiger partial charge in [-0.05, 0) is 30.9 Å². The Labute approximate surface area is 154 Å². The van der Waals surface area contributed by atoms with Crippen LogP contribution >= 0.6 is 0 Å². The van der Waals surface area contributed by atoms with E-state index < -0.39 is 18.0 Å². The molecule has 3 rings (SSSR count). The zero-order valence-corrected chi connectivity index (χ0v) is 14.9. The number of hydrogen-bond acceptors (Lipinski definition) is 3. The molecule has 26 heavy (non-hydrogen) atoms. The molecule has 2 amide bonds. The van der Waals surface area contributed by atoms with Crippen molar-refractivity contribution in [3.05, 3.63) is 71.8 Å². The topological polar surface area (TPSA) is 84.2 Å². The van der Waals surface area contributed by atoms with Gasteiger partial charge in [-0.25, -0.2) is 0 Å². The number of hydrogen-bond donors (Lipinski definition) is 3. The molecule has 0 bridgehead atoms. The third-order valence-corrected chi connectivity index (χ3v) is 5.05. The van der Waals surface area contributed by atoms with Gasteiger partial charge in [-0.2, -0.15) is 0 Å². The molecule has 2 aromatic rings. The molecule has 4 atom stereocenters. The molecule has 1 fully saturated rings. The molecule has 0 spiro atoms. The van der Waals surface area contributed by atoms with Crippen LogP contribution < -0.4 is 16.4 Å². The second kappa shape index (κ2) is 8.15.